The lowest BCUT2D eigenvalue weighted by Gasteiger charge is -2.41. The Morgan fingerprint density at radius 1 is 1.04 bits per heavy atom. The number of benzene rings is 1. The third kappa shape index (κ3) is 4.51. The number of nitrogens with zero attached hydrogens (tertiary/aromatic N) is 2. The van der Waals surface area contributed by atoms with E-state index in [1.54, 1.807) is 12.1 Å². The summed E-state index contributed by atoms with van der Waals surface area (Å²) in [6.45, 7) is 3.88. The largest absolute Gasteiger partial charge is 0.381 e. The molecule has 8 heteroatoms. The summed E-state index contributed by atoms with van der Waals surface area (Å²) in [6, 6.07) is 6.47. The minimum absolute atomic E-state index is 0. The molecule has 0 atom stereocenters. The van der Waals surface area contributed by atoms with Gasteiger partial charge in [0, 0.05) is 45.1 Å². The number of ether oxygens (including phenoxy) is 1. The second-order valence-electron chi connectivity index (χ2n) is 6.02. The molecule has 2 aliphatic rings. The summed E-state index contributed by atoms with van der Waals surface area (Å²) in [5, 5.41) is 0. The van der Waals surface area contributed by atoms with Gasteiger partial charge < -0.3 is 20.3 Å². The van der Waals surface area contributed by atoms with Crippen LogP contribution in [0.2, 0.25) is 0 Å². The zero-order chi connectivity index (χ0) is 15.6. The van der Waals surface area contributed by atoms with E-state index in [2.05, 4.69) is 4.90 Å². The lowest BCUT2D eigenvalue weighted by molar-refractivity contribution is -0.140. The van der Waals surface area contributed by atoms with Crippen LogP contribution < -0.4 is 10.6 Å². The maximum atomic E-state index is 13.0. The molecule has 3 rings (SSSR count). The third-order valence-electron chi connectivity index (χ3n) is 4.57. The average molecular weight is 380 g/mol. The van der Waals surface area contributed by atoms with Crippen molar-refractivity contribution in [2.75, 3.05) is 44.3 Å². The minimum Gasteiger partial charge on any atom is -0.381 e. The lowest BCUT2D eigenvalue weighted by atomic mass is 9.89. The van der Waals surface area contributed by atoms with Crippen molar-refractivity contribution in [3.05, 3.63) is 30.1 Å². The Hall–Kier alpha value is -1.08. The summed E-state index contributed by atoms with van der Waals surface area (Å²) in [5.74, 6) is -0.197. The number of halogens is 3. The maximum absolute atomic E-state index is 13.0. The third-order valence-corrected chi connectivity index (χ3v) is 4.57. The molecule has 0 spiro atoms. The van der Waals surface area contributed by atoms with Gasteiger partial charge in [-0.2, -0.15) is 0 Å². The van der Waals surface area contributed by atoms with Crippen molar-refractivity contribution in [2.45, 2.75) is 18.4 Å². The van der Waals surface area contributed by atoms with Crippen LogP contribution >= 0.6 is 24.8 Å². The van der Waals surface area contributed by atoms with Gasteiger partial charge in [-0.15, -0.1) is 24.8 Å². The topological polar surface area (TPSA) is 58.8 Å². The zero-order valence-electron chi connectivity index (χ0n) is 13.4. The molecule has 1 amide bonds. The molecule has 0 saturated carbocycles. The van der Waals surface area contributed by atoms with Crippen molar-refractivity contribution in [2.24, 2.45) is 5.73 Å². The lowest BCUT2D eigenvalue weighted by Crippen LogP contribution is -2.61. The van der Waals surface area contributed by atoms with E-state index in [0.717, 1.165) is 18.8 Å². The van der Waals surface area contributed by atoms with E-state index in [4.69, 9.17) is 10.5 Å². The number of hydrogen-bond donors (Lipinski definition) is 1. The Kier molecular flexibility index (Phi) is 7.73. The van der Waals surface area contributed by atoms with Crippen LogP contribution in [0.15, 0.2) is 24.3 Å². The number of amides is 1. The van der Waals surface area contributed by atoms with Crippen molar-refractivity contribution < 1.29 is 13.9 Å². The summed E-state index contributed by atoms with van der Waals surface area (Å²) in [7, 11) is 0. The van der Waals surface area contributed by atoms with Crippen molar-refractivity contribution in [3.63, 3.8) is 0 Å². The highest BCUT2D eigenvalue weighted by Crippen LogP contribution is 2.23. The quantitative estimate of drug-likeness (QED) is 0.851. The molecule has 0 bridgehead atoms. The van der Waals surface area contributed by atoms with Crippen LogP contribution in [0.4, 0.5) is 10.1 Å². The van der Waals surface area contributed by atoms with Crippen molar-refractivity contribution in [1.29, 1.82) is 0 Å². The molecule has 2 saturated heterocycles. The van der Waals surface area contributed by atoms with Gasteiger partial charge >= 0.3 is 0 Å². The number of carbonyl (C=O) groups is 1. The Balaban J connectivity index is 0.00000144. The van der Waals surface area contributed by atoms with Crippen LogP contribution in [0.3, 0.4) is 0 Å². The van der Waals surface area contributed by atoms with Gasteiger partial charge in [0.25, 0.3) is 0 Å². The number of anilines is 1. The van der Waals surface area contributed by atoms with Gasteiger partial charge in [0.15, 0.2) is 0 Å². The first-order chi connectivity index (χ1) is 10.6. The van der Waals surface area contributed by atoms with Gasteiger partial charge in [-0.1, -0.05) is 0 Å². The molecule has 1 aromatic carbocycles. The Morgan fingerprint density at radius 3 is 2.12 bits per heavy atom. The van der Waals surface area contributed by atoms with Crippen molar-refractivity contribution >= 4 is 36.4 Å². The molecule has 0 radical (unpaired) electrons. The minimum atomic E-state index is -0.768. The molecule has 5 nitrogen and oxygen atoms in total. The van der Waals surface area contributed by atoms with E-state index in [-0.39, 0.29) is 36.5 Å². The van der Waals surface area contributed by atoms with Crippen LogP contribution in [0.25, 0.3) is 0 Å². The Morgan fingerprint density at radius 2 is 1.58 bits per heavy atom. The van der Waals surface area contributed by atoms with Crippen LogP contribution in [0.5, 0.6) is 0 Å². The number of piperazine rings is 1. The van der Waals surface area contributed by atoms with Crippen LogP contribution in [0, 0.1) is 5.82 Å². The molecule has 0 unspecified atom stereocenters. The molecule has 2 aliphatic heterocycles. The first kappa shape index (κ1) is 21.0. The SMILES string of the molecule is Cl.Cl.NC1(C(=O)N2CCN(c3ccc(F)cc3)CC2)CCOCC1. The highest BCUT2D eigenvalue weighted by Gasteiger charge is 2.39. The summed E-state index contributed by atoms with van der Waals surface area (Å²) in [4.78, 5) is 16.7. The number of nitrogens with two attached hydrogens (primary N) is 1. The molecule has 2 fully saturated rings. The second-order valence-corrected chi connectivity index (χ2v) is 6.02. The molecule has 0 aromatic heterocycles. The summed E-state index contributed by atoms with van der Waals surface area (Å²) in [5.41, 5.74) is 6.49. The summed E-state index contributed by atoms with van der Waals surface area (Å²) in [6.07, 6.45) is 1.17. The van der Waals surface area contributed by atoms with Crippen LogP contribution in [-0.4, -0.2) is 55.7 Å². The molecule has 2 N–H and O–H groups in total. The van der Waals surface area contributed by atoms with Crippen LogP contribution in [-0.2, 0) is 9.53 Å². The van der Waals surface area contributed by atoms with Gasteiger partial charge in [0.05, 0.1) is 5.54 Å². The van der Waals surface area contributed by atoms with Crippen molar-refractivity contribution in [1.82, 2.24) is 4.90 Å². The fraction of sp³-hybridized carbons (Fsp3) is 0.562. The highest BCUT2D eigenvalue weighted by molar-refractivity contribution is 5.86. The smallest absolute Gasteiger partial charge is 0.242 e. The molecular weight excluding hydrogens is 356 g/mol. The van der Waals surface area contributed by atoms with Gasteiger partial charge in [-0.25, -0.2) is 4.39 Å². The molecule has 2 heterocycles. The summed E-state index contributed by atoms with van der Waals surface area (Å²) >= 11 is 0. The first-order valence-corrected chi connectivity index (χ1v) is 7.75. The first-order valence-electron chi connectivity index (χ1n) is 7.75. The van der Waals surface area contributed by atoms with Gasteiger partial charge in [0.2, 0.25) is 5.91 Å². The average Bonchev–Trinajstić information content (AvgIpc) is 2.56. The Labute approximate surface area is 154 Å². The van der Waals surface area contributed by atoms with Gasteiger partial charge in [-0.3, -0.25) is 4.79 Å². The molecule has 136 valence electrons. The predicted octanol–water partition coefficient (Wildman–Crippen LogP) is 1.83. The van der Waals surface area contributed by atoms with E-state index < -0.39 is 5.54 Å². The molecular formula is C16H24Cl2FN3O2. The predicted molar refractivity (Wildman–Crippen MR) is 96.7 cm³/mol. The number of carbonyl (C=O) groups excluding carboxylic acids is 1. The fourth-order valence-corrected chi connectivity index (χ4v) is 3.08. The summed E-state index contributed by atoms with van der Waals surface area (Å²) < 4.78 is 18.3. The number of hydrogen-bond acceptors (Lipinski definition) is 4. The number of rotatable bonds is 2. The normalized spacial score (nSPS) is 19.9. The van der Waals surface area contributed by atoms with E-state index >= 15 is 0 Å². The fourth-order valence-electron chi connectivity index (χ4n) is 3.08. The van der Waals surface area contributed by atoms with E-state index in [1.807, 2.05) is 4.90 Å². The van der Waals surface area contributed by atoms with E-state index in [1.165, 1.54) is 12.1 Å². The van der Waals surface area contributed by atoms with Crippen molar-refractivity contribution in [3.8, 4) is 0 Å². The maximum Gasteiger partial charge on any atom is 0.242 e. The molecule has 1 aromatic rings. The standard InChI is InChI=1S/C16H22FN3O2.2ClH/c17-13-1-3-14(4-2-13)19-7-9-20(10-8-19)15(21)16(18)5-11-22-12-6-16;;/h1-4H,5-12,18H2;2*1H. The van der Waals surface area contributed by atoms with Gasteiger partial charge in [0.1, 0.15) is 5.82 Å². The molecule has 0 aliphatic carbocycles. The Bertz CT molecular complexity index is 531. The zero-order valence-corrected chi connectivity index (χ0v) is 15.1. The monoisotopic (exact) mass is 379 g/mol. The van der Waals surface area contributed by atoms with Gasteiger partial charge in [-0.05, 0) is 37.1 Å². The highest BCUT2D eigenvalue weighted by atomic mass is 35.5. The molecule has 24 heavy (non-hydrogen) atoms. The van der Waals surface area contributed by atoms with Crippen LogP contribution in [0.1, 0.15) is 12.8 Å². The second kappa shape index (κ2) is 8.85. The van der Waals surface area contributed by atoms with E-state index in [9.17, 15) is 9.18 Å². The van der Waals surface area contributed by atoms with E-state index in [0.29, 0.717) is 39.1 Å².